The van der Waals surface area contributed by atoms with E-state index < -0.39 is 11.5 Å². The van der Waals surface area contributed by atoms with Crippen LogP contribution in [0.1, 0.15) is 40.2 Å². The number of para-hydroxylation sites is 1. The number of nitrogens with zero attached hydrogens (tertiary/aromatic N) is 1. The van der Waals surface area contributed by atoms with E-state index in [-0.39, 0.29) is 23.7 Å². The summed E-state index contributed by atoms with van der Waals surface area (Å²) in [6, 6.07) is 23.5. The van der Waals surface area contributed by atoms with Crippen molar-refractivity contribution in [2.45, 2.75) is 30.3 Å². The van der Waals surface area contributed by atoms with Crippen LogP contribution in [0, 0.1) is 5.92 Å². The van der Waals surface area contributed by atoms with Crippen molar-refractivity contribution in [1.29, 1.82) is 0 Å². The normalized spacial score (nSPS) is 27.5. The molecule has 2 fully saturated rings. The standard InChI is InChI=1S/C28H25BrN2O3/c1-34-20-13-11-17(12-14-20)24-23-10-5-15-31(23)28(21-8-2-3-9-22(21)30-27(28)33)25(24)26(32)18-6-4-7-19(29)16-18/h2-4,6-9,11-14,16,23-25H,5,10,15H2,1H3,(H,30,33). The average Bonchev–Trinajstić information content (AvgIpc) is 3.52. The molecule has 3 aromatic carbocycles. The van der Waals surface area contributed by atoms with Gasteiger partial charge in [-0.1, -0.05) is 58.4 Å². The van der Waals surface area contributed by atoms with E-state index in [1.54, 1.807) is 7.11 Å². The van der Waals surface area contributed by atoms with Crippen molar-refractivity contribution in [2.24, 2.45) is 5.92 Å². The largest absolute Gasteiger partial charge is 0.497 e. The number of halogens is 1. The maximum absolute atomic E-state index is 14.4. The SMILES string of the molecule is COc1ccc(C2C3CCCN3C3(C(=O)Nc4ccccc43)C2C(=O)c2cccc(Br)c2)cc1. The van der Waals surface area contributed by atoms with Gasteiger partial charge >= 0.3 is 0 Å². The summed E-state index contributed by atoms with van der Waals surface area (Å²) in [7, 11) is 1.65. The minimum atomic E-state index is -1.03. The van der Waals surface area contributed by atoms with Gasteiger partial charge in [0.25, 0.3) is 0 Å². The van der Waals surface area contributed by atoms with Crippen LogP contribution in [0.3, 0.4) is 0 Å². The predicted molar refractivity (Wildman–Crippen MR) is 134 cm³/mol. The molecule has 4 unspecified atom stereocenters. The minimum absolute atomic E-state index is 0.00312. The lowest BCUT2D eigenvalue weighted by molar-refractivity contribution is -0.127. The van der Waals surface area contributed by atoms with E-state index in [2.05, 4.69) is 38.3 Å². The van der Waals surface area contributed by atoms with E-state index in [1.165, 1.54) is 0 Å². The van der Waals surface area contributed by atoms with Gasteiger partial charge in [0, 0.05) is 33.2 Å². The average molecular weight is 517 g/mol. The molecule has 1 N–H and O–H groups in total. The number of Topliss-reactive ketones (excluding diaryl/α,β-unsaturated/α-hetero) is 1. The summed E-state index contributed by atoms with van der Waals surface area (Å²) in [6.07, 6.45) is 1.96. The fraction of sp³-hybridized carbons (Fsp3) is 0.286. The van der Waals surface area contributed by atoms with Crippen LogP contribution in [0.4, 0.5) is 5.69 Å². The van der Waals surface area contributed by atoms with E-state index in [0.29, 0.717) is 5.56 Å². The monoisotopic (exact) mass is 516 g/mol. The summed E-state index contributed by atoms with van der Waals surface area (Å²) in [5.74, 6) is 0.0211. The lowest BCUT2D eigenvalue weighted by atomic mass is 9.69. The molecule has 0 aliphatic carbocycles. The number of ketones is 1. The number of hydrogen-bond acceptors (Lipinski definition) is 4. The van der Waals surface area contributed by atoms with Crippen LogP contribution < -0.4 is 10.1 Å². The molecule has 3 aromatic rings. The molecule has 0 aromatic heterocycles. The van der Waals surface area contributed by atoms with Gasteiger partial charge < -0.3 is 10.1 Å². The molecule has 3 heterocycles. The van der Waals surface area contributed by atoms with Crippen LogP contribution in [0.5, 0.6) is 5.75 Å². The van der Waals surface area contributed by atoms with E-state index in [9.17, 15) is 9.59 Å². The lowest BCUT2D eigenvalue weighted by Crippen LogP contribution is -2.52. The first-order valence-corrected chi connectivity index (χ1v) is 12.5. The zero-order chi connectivity index (χ0) is 23.4. The van der Waals surface area contributed by atoms with Crippen molar-refractivity contribution >= 4 is 33.3 Å². The fourth-order valence-corrected chi connectivity index (χ4v) is 6.94. The Hall–Kier alpha value is -2.96. The number of ether oxygens (including phenoxy) is 1. The number of rotatable bonds is 4. The van der Waals surface area contributed by atoms with Gasteiger partial charge in [0.2, 0.25) is 5.91 Å². The van der Waals surface area contributed by atoms with E-state index in [1.807, 2.05) is 60.7 Å². The molecule has 34 heavy (non-hydrogen) atoms. The van der Waals surface area contributed by atoms with Crippen LogP contribution in [-0.4, -0.2) is 36.3 Å². The molecule has 0 bridgehead atoms. The van der Waals surface area contributed by atoms with Gasteiger partial charge in [-0.15, -0.1) is 0 Å². The number of fused-ring (bicyclic) bond motifs is 4. The van der Waals surface area contributed by atoms with Crippen LogP contribution >= 0.6 is 15.9 Å². The maximum atomic E-state index is 14.4. The molecule has 2 saturated heterocycles. The number of benzene rings is 3. The Morgan fingerprint density at radius 3 is 2.65 bits per heavy atom. The van der Waals surface area contributed by atoms with Crippen molar-refractivity contribution < 1.29 is 14.3 Å². The van der Waals surface area contributed by atoms with Crippen LogP contribution in [0.15, 0.2) is 77.3 Å². The Kier molecular flexibility index (Phi) is 5.12. The second-order valence-electron chi connectivity index (χ2n) is 9.32. The predicted octanol–water partition coefficient (Wildman–Crippen LogP) is 5.37. The fourth-order valence-electron chi connectivity index (χ4n) is 6.54. The van der Waals surface area contributed by atoms with Crippen molar-refractivity contribution in [3.63, 3.8) is 0 Å². The van der Waals surface area contributed by atoms with Gasteiger partial charge in [0.15, 0.2) is 5.78 Å². The van der Waals surface area contributed by atoms with Gasteiger partial charge in [-0.3, -0.25) is 14.5 Å². The molecule has 0 saturated carbocycles. The third-order valence-corrected chi connectivity index (χ3v) is 8.29. The summed E-state index contributed by atoms with van der Waals surface area (Å²) >= 11 is 3.52. The number of carbonyl (C=O) groups excluding carboxylic acids is 2. The van der Waals surface area contributed by atoms with Crippen molar-refractivity contribution in [1.82, 2.24) is 4.90 Å². The molecule has 6 heteroatoms. The molecule has 4 atom stereocenters. The number of nitrogens with one attached hydrogen (secondary N) is 1. The highest BCUT2D eigenvalue weighted by atomic mass is 79.9. The molecule has 6 rings (SSSR count). The van der Waals surface area contributed by atoms with Gasteiger partial charge in [0.1, 0.15) is 11.3 Å². The second-order valence-corrected chi connectivity index (χ2v) is 10.2. The number of amides is 1. The lowest BCUT2D eigenvalue weighted by Gasteiger charge is -2.37. The molecule has 1 amide bonds. The Morgan fingerprint density at radius 2 is 1.88 bits per heavy atom. The van der Waals surface area contributed by atoms with Gasteiger partial charge in [-0.25, -0.2) is 0 Å². The van der Waals surface area contributed by atoms with E-state index in [4.69, 9.17) is 4.74 Å². The molecular weight excluding hydrogens is 492 g/mol. The second kappa shape index (κ2) is 8.07. The number of hydrogen-bond donors (Lipinski definition) is 1. The van der Waals surface area contributed by atoms with Crippen LogP contribution in [0.25, 0.3) is 0 Å². The van der Waals surface area contributed by atoms with Gasteiger partial charge in [-0.05, 0) is 55.3 Å². The van der Waals surface area contributed by atoms with Crippen LogP contribution in [-0.2, 0) is 10.3 Å². The summed E-state index contributed by atoms with van der Waals surface area (Å²) in [4.78, 5) is 30.7. The Morgan fingerprint density at radius 1 is 1.09 bits per heavy atom. The highest BCUT2D eigenvalue weighted by molar-refractivity contribution is 9.10. The van der Waals surface area contributed by atoms with Crippen molar-refractivity contribution in [2.75, 3.05) is 19.0 Å². The first kappa shape index (κ1) is 21.6. The molecule has 3 aliphatic heterocycles. The number of anilines is 1. The topological polar surface area (TPSA) is 58.6 Å². The summed E-state index contributed by atoms with van der Waals surface area (Å²) < 4.78 is 6.24. The maximum Gasteiger partial charge on any atom is 0.250 e. The van der Waals surface area contributed by atoms with Gasteiger partial charge in [0.05, 0.1) is 13.0 Å². The molecule has 0 radical (unpaired) electrons. The Bertz CT molecular complexity index is 1290. The van der Waals surface area contributed by atoms with E-state index >= 15 is 0 Å². The summed E-state index contributed by atoms with van der Waals surface area (Å²) in [5.41, 5.74) is 2.38. The Balaban J connectivity index is 1.60. The number of carbonyl (C=O) groups is 2. The number of methoxy groups -OCH3 is 1. The first-order chi connectivity index (χ1) is 16.6. The third kappa shape index (κ3) is 2.95. The van der Waals surface area contributed by atoms with Gasteiger partial charge in [-0.2, -0.15) is 0 Å². The minimum Gasteiger partial charge on any atom is -0.497 e. The molecule has 5 nitrogen and oxygen atoms in total. The first-order valence-electron chi connectivity index (χ1n) is 11.7. The highest BCUT2D eigenvalue weighted by Gasteiger charge is 2.69. The quantitative estimate of drug-likeness (QED) is 0.473. The smallest absolute Gasteiger partial charge is 0.250 e. The van der Waals surface area contributed by atoms with Crippen molar-refractivity contribution in [3.8, 4) is 5.75 Å². The summed E-state index contributed by atoms with van der Waals surface area (Å²) in [5, 5.41) is 3.12. The van der Waals surface area contributed by atoms with Crippen LogP contribution in [0.2, 0.25) is 0 Å². The zero-order valence-electron chi connectivity index (χ0n) is 18.8. The highest BCUT2D eigenvalue weighted by Crippen LogP contribution is 2.61. The molecule has 172 valence electrons. The van der Waals surface area contributed by atoms with E-state index in [0.717, 1.165) is 46.4 Å². The van der Waals surface area contributed by atoms with Crippen molar-refractivity contribution in [3.05, 3.63) is 94.0 Å². The Labute approximate surface area is 207 Å². The molecular formula is C28H25BrN2O3. The summed E-state index contributed by atoms with van der Waals surface area (Å²) in [6.45, 7) is 0.793. The molecule has 3 aliphatic rings. The third-order valence-electron chi connectivity index (χ3n) is 7.80. The molecule has 1 spiro atoms. The zero-order valence-corrected chi connectivity index (χ0v) is 20.4.